The van der Waals surface area contributed by atoms with Crippen LogP contribution in [0.3, 0.4) is 0 Å². The van der Waals surface area contributed by atoms with Gasteiger partial charge < -0.3 is 20.7 Å². The van der Waals surface area contributed by atoms with E-state index < -0.39 is 17.7 Å². The van der Waals surface area contributed by atoms with Crippen molar-refractivity contribution in [2.75, 3.05) is 6.54 Å². The van der Waals surface area contributed by atoms with Gasteiger partial charge in [-0.15, -0.1) is 0 Å². The summed E-state index contributed by atoms with van der Waals surface area (Å²) in [6.45, 7) is 6.10. The number of amides is 3. The summed E-state index contributed by atoms with van der Waals surface area (Å²) in [5.74, 6) is -0.617. The molecule has 8 heteroatoms. The van der Waals surface area contributed by atoms with E-state index >= 15 is 0 Å². The largest absolute Gasteiger partial charge is 0.444 e. The van der Waals surface area contributed by atoms with Gasteiger partial charge in [-0.2, -0.15) is 0 Å². The molecule has 0 saturated carbocycles. The van der Waals surface area contributed by atoms with Crippen molar-refractivity contribution in [2.24, 2.45) is 0 Å². The van der Waals surface area contributed by atoms with Crippen molar-refractivity contribution in [1.82, 2.24) is 16.0 Å². The maximum absolute atomic E-state index is 13.1. The van der Waals surface area contributed by atoms with Crippen LogP contribution in [0.5, 0.6) is 0 Å². The van der Waals surface area contributed by atoms with Gasteiger partial charge in [-0.1, -0.05) is 66.2 Å². The molecule has 3 N–H and O–H groups in total. The van der Waals surface area contributed by atoms with Crippen LogP contribution in [0, 0.1) is 0 Å². The molecule has 0 fully saturated rings. The molecule has 1 unspecified atom stereocenters. The first-order valence-corrected chi connectivity index (χ1v) is 13.4. The lowest BCUT2D eigenvalue weighted by molar-refractivity contribution is -0.123. The highest BCUT2D eigenvalue weighted by Gasteiger charge is 2.21. The summed E-state index contributed by atoms with van der Waals surface area (Å²) in [4.78, 5) is 38.0. The normalized spacial score (nSPS) is 11.8. The lowest BCUT2D eigenvalue weighted by Crippen LogP contribution is -2.46. The number of nitrogens with one attached hydrogen (secondary N) is 3. The predicted octanol–water partition coefficient (Wildman–Crippen LogP) is 6.12. The van der Waals surface area contributed by atoms with Crippen molar-refractivity contribution in [1.29, 1.82) is 0 Å². The van der Waals surface area contributed by atoms with Gasteiger partial charge in [-0.25, -0.2) is 4.79 Å². The fourth-order valence-corrected chi connectivity index (χ4v) is 4.11. The molecule has 0 aliphatic heterocycles. The highest BCUT2D eigenvalue weighted by molar-refractivity contribution is 6.30. The molecule has 206 valence electrons. The van der Waals surface area contributed by atoms with Crippen LogP contribution in [-0.4, -0.2) is 36.1 Å². The van der Waals surface area contributed by atoms with Crippen molar-refractivity contribution in [3.05, 3.63) is 95.0 Å². The lowest BCUT2D eigenvalue weighted by Gasteiger charge is -2.20. The average molecular weight is 550 g/mol. The van der Waals surface area contributed by atoms with Gasteiger partial charge in [0, 0.05) is 23.7 Å². The molecule has 3 rings (SSSR count). The van der Waals surface area contributed by atoms with E-state index in [1.54, 1.807) is 45.0 Å². The number of carbonyl (C=O) groups is 3. The minimum absolute atomic E-state index is 0.288. The van der Waals surface area contributed by atoms with Crippen LogP contribution in [0.15, 0.2) is 78.9 Å². The predicted molar refractivity (Wildman–Crippen MR) is 155 cm³/mol. The molecular formula is C31H36ClN3O4. The van der Waals surface area contributed by atoms with Crippen molar-refractivity contribution < 1.29 is 19.1 Å². The number of unbranched alkanes of at least 4 members (excludes halogenated alkanes) is 1. The third-order valence-corrected chi connectivity index (χ3v) is 6.05. The van der Waals surface area contributed by atoms with Crippen LogP contribution in [0.4, 0.5) is 4.79 Å². The monoisotopic (exact) mass is 549 g/mol. The summed E-state index contributed by atoms with van der Waals surface area (Å²) in [6, 6.07) is 23.7. The Balaban J connectivity index is 1.59. The number of carbonyl (C=O) groups excluding carboxylic acids is 3. The number of alkyl carbamates (subject to hydrolysis) is 1. The Kier molecular flexibility index (Phi) is 10.9. The van der Waals surface area contributed by atoms with Gasteiger partial charge in [-0.3, -0.25) is 9.59 Å². The summed E-state index contributed by atoms with van der Waals surface area (Å²) < 4.78 is 5.24. The molecule has 0 heterocycles. The van der Waals surface area contributed by atoms with E-state index in [9.17, 15) is 14.4 Å². The Morgan fingerprint density at radius 3 is 2.21 bits per heavy atom. The Hall–Kier alpha value is -3.84. The van der Waals surface area contributed by atoms with E-state index in [2.05, 4.69) is 16.0 Å². The number of benzene rings is 3. The van der Waals surface area contributed by atoms with Crippen LogP contribution in [0.25, 0.3) is 11.1 Å². The second-order valence-electron chi connectivity index (χ2n) is 10.2. The number of halogens is 1. The van der Waals surface area contributed by atoms with Gasteiger partial charge in [0.05, 0.1) is 0 Å². The van der Waals surface area contributed by atoms with Gasteiger partial charge >= 0.3 is 6.09 Å². The third kappa shape index (κ3) is 10.4. The van der Waals surface area contributed by atoms with Crippen molar-refractivity contribution in [2.45, 2.75) is 58.2 Å². The van der Waals surface area contributed by atoms with Crippen molar-refractivity contribution in [3.63, 3.8) is 0 Å². The SMILES string of the molecule is CC(C)(C)OC(=O)NCCCCC(NC(=O)c1ccc(-c2ccccc2)cc1)C(=O)NCc1cccc(Cl)c1. The molecular weight excluding hydrogens is 514 g/mol. The Morgan fingerprint density at radius 2 is 1.54 bits per heavy atom. The Bertz CT molecular complexity index is 1240. The second kappa shape index (κ2) is 14.4. The zero-order chi connectivity index (χ0) is 28.3. The molecule has 0 aliphatic rings. The average Bonchev–Trinajstić information content (AvgIpc) is 2.90. The molecule has 7 nitrogen and oxygen atoms in total. The maximum atomic E-state index is 13.1. The smallest absolute Gasteiger partial charge is 0.407 e. The molecule has 0 aliphatic carbocycles. The van der Waals surface area contributed by atoms with Gasteiger partial charge in [0.25, 0.3) is 5.91 Å². The summed E-state index contributed by atoms with van der Waals surface area (Å²) in [5, 5.41) is 9.08. The first-order chi connectivity index (χ1) is 18.6. The highest BCUT2D eigenvalue weighted by atomic mass is 35.5. The molecule has 0 saturated heterocycles. The number of hydrogen-bond donors (Lipinski definition) is 3. The van der Waals surface area contributed by atoms with E-state index in [-0.39, 0.29) is 18.4 Å². The Labute approximate surface area is 235 Å². The number of ether oxygens (including phenoxy) is 1. The molecule has 1 atom stereocenters. The quantitative estimate of drug-likeness (QED) is 0.251. The van der Waals surface area contributed by atoms with Crippen LogP contribution >= 0.6 is 11.6 Å². The van der Waals surface area contributed by atoms with Crippen molar-refractivity contribution in [3.8, 4) is 11.1 Å². The molecule has 0 spiro atoms. The third-order valence-electron chi connectivity index (χ3n) is 5.82. The molecule has 3 amide bonds. The molecule has 0 radical (unpaired) electrons. The van der Waals surface area contributed by atoms with Crippen LogP contribution in [0.1, 0.15) is 56.0 Å². The second-order valence-corrected chi connectivity index (χ2v) is 10.7. The summed E-state index contributed by atoms with van der Waals surface area (Å²) in [5.41, 5.74) is 2.82. The highest BCUT2D eigenvalue weighted by Crippen LogP contribution is 2.19. The first kappa shape index (κ1) is 29.7. The minimum Gasteiger partial charge on any atom is -0.444 e. The van der Waals surface area contributed by atoms with Crippen LogP contribution in [-0.2, 0) is 16.1 Å². The van der Waals surface area contributed by atoms with E-state index in [4.69, 9.17) is 16.3 Å². The standard InChI is InChI=1S/C31H36ClN3O4/c1-31(2,3)39-30(38)33-19-8-7-14-27(29(37)34-21-22-10-9-13-26(32)20-22)35-28(36)25-17-15-24(16-18-25)23-11-5-4-6-12-23/h4-6,9-13,15-18,20,27H,7-8,14,19,21H2,1-3H3,(H,33,38)(H,34,37)(H,35,36). The van der Waals surface area contributed by atoms with E-state index in [1.165, 1.54) is 0 Å². The summed E-state index contributed by atoms with van der Waals surface area (Å²) in [6.07, 6.45) is 1.16. The van der Waals surface area contributed by atoms with Gasteiger partial charge in [0.15, 0.2) is 0 Å². The zero-order valence-corrected chi connectivity index (χ0v) is 23.4. The lowest BCUT2D eigenvalue weighted by atomic mass is 10.0. The summed E-state index contributed by atoms with van der Waals surface area (Å²) >= 11 is 6.06. The van der Waals surface area contributed by atoms with E-state index in [0.717, 1.165) is 16.7 Å². The molecule has 3 aromatic rings. The first-order valence-electron chi connectivity index (χ1n) is 13.1. The van der Waals surface area contributed by atoms with Gasteiger partial charge in [0.1, 0.15) is 11.6 Å². The van der Waals surface area contributed by atoms with Crippen molar-refractivity contribution >= 4 is 29.5 Å². The molecule has 0 bridgehead atoms. The maximum Gasteiger partial charge on any atom is 0.407 e. The minimum atomic E-state index is -0.744. The number of hydrogen-bond acceptors (Lipinski definition) is 4. The summed E-state index contributed by atoms with van der Waals surface area (Å²) in [7, 11) is 0. The van der Waals surface area contributed by atoms with Crippen LogP contribution in [0.2, 0.25) is 5.02 Å². The van der Waals surface area contributed by atoms with E-state index in [0.29, 0.717) is 36.4 Å². The van der Waals surface area contributed by atoms with Gasteiger partial charge in [-0.05, 0) is 81.0 Å². The molecule has 0 aromatic heterocycles. The van der Waals surface area contributed by atoms with E-state index in [1.807, 2.05) is 54.6 Å². The fraction of sp³-hybridized carbons (Fsp3) is 0.323. The molecule has 3 aromatic carbocycles. The molecule has 39 heavy (non-hydrogen) atoms. The Morgan fingerprint density at radius 1 is 0.846 bits per heavy atom. The fourth-order valence-electron chi connectivity index (χ4n) is 3.89. The van der Waals surface area contributed by atoms with Crippen LogP contribution < -0.4 is 16.0 Å². The number of rotatable bonds is 11. The zero-order valence-electron chi connectivity index (χ0n) is 22.6. The van der Waals surface area contributed by atoms with Gasteiger partial charge in [0.2, 0.25) is 5.91 Å². The topological polar surface area (TPSA) is 96.5 Å².